The average molecular weight is 567 g/mol. The molecule has 0 unspecified atom stereocenters. The van der Waals surface area contributed by atoms with Crippen LogP contribution in [0.1, 0.15) is 19.4 Å². The second kappa shape index (κ2) is 13.2. The first-order valence-corrected chi connectivity index (χ1v) is 13.8. The van der Waals surface area contributed by atoms with Gasteiger partial charge in [-0.3, -0.25) is 4.79 Å². The molecule has 218 valence electrons. The Balaban J connectivity index is 1.76. The van der Waals surface area contributed by atoms with E-state index in [0.29, 0.717) is 34.3 Å². The van der Waals surface area contributed by atoms with E-state index in [1.165, 1.54) is 6.20 Å². The molecule has 42 heavy (non-hydrogen) atoms. The van der Waals surface area contributed by atoms with E-state index < -0.39 is 0 Å². The Kier molecular flexibility index (Phi) is 9.45. The lowest BCUT2D eigenvalue weighted by atomic mass is 10.1. The molecule has 0 aliphatic rings. The molecule has 10 heteroatoms. The number of amides is 1. The maximum absolute atomic E-state index is 12.8. The molecule has 2 N–H and O–H groups in total. The van der Waals surface area contributed by atoms with Gasteiger partial charge in [0.2, 0.25) is 11.9 Å². The number of anilines is 4. The lowest BCUT2D eigenvalue weighted by molar-refractivity contribution is -0.111. The van der Waals surface area contributed by atoms with E-state index in [0.717, 1.165) is 35.2 Å². The first-order chi connectivity index (χ1) is 20.1. The molecule has 0 radical (unpaired) electrons. The Morgan fingerprint density at radius 2 is 1.93 bits per heavy atom. The van der Waals surface area contributed by atoms with Gasteiger partial charge in [0, 0.05) is 55.9 Å². The molecular weight excluding hydrogens is 528 g/mol. The van der Waals surface area contributed by atoms with Gasteiger partial charge >= 0.3 is 0 Å². The molecule has 0 saturated carbocycles. The van der Waals surface area contributed by atoms with Crippen molar-refractivity contribution in [2.24, 2.45) is 13.0 Å². The number of hydrogen-bond acceptors (Lipinski definition) is 8. The van der Waals surface area contributed by atoms with E-state index in [4.69, 9.17) is 9.72 Å². The third-order valence-electron chi connectivity index (χ3n) is 6.81. The zero-order chi connectivity index (χ0) is 30.4. The third-order valence-corrected chi connectivity index (χ3v) is 6.81. The molecule has 10 nitrogen and oxygen atoms in total. The van der Waals surface area contributed by atoms with Gasteiger partial charge in [0.05, 0.1) is 41.6 Å². The summed E-state index contributed by atoms with van der Waals surface area (Å²) in [6.45, 7) is 5.60. The zero-order valence-corrected chi connectivity index (χ0v) is 25.3. The second-order valence-electron chi connectivity index (χ2n) is 10.8. The highest BCUT2D eigenvalue weighted by Crippen LogP contribution is 2.38. The fraction of sp³-hybridized carbons (Fsp3) is 0.312. The van der Waals surface area contributed by atoms with E-state index >= 15 is 0 Å². The number of carbonyl (C=O) groups excluding carboxylic acids is 1. The van der Waals surface area contributed by atoms with Gasteiger partial charge in [-0.1, -0.05) is 38.1 Å². The van der Waals surface area contributed by atoms with Crippen molar-refractivity contribution in [3.05, 3.63) is 66.5 Å². The molecule has 0 aliphatic heterocycles. The molecule has 4 rings (SSSR count). The van der Waals surface area contributed by atoms with E-state index in [1.54, 1.807) is 13.2 Å². The summed E-state index contributed by atoms with van der Waals surface area (Å²) in [5.74, 6) is 0.864. The number of nitriles is 1. The molecule has 0 spiro atoms. The number of para-hydroxylation sites is 1. The molecule has 0 fully saturated rings. The smallest absolute Gasteiger partial charge is 0.248 e. The van der Waals surface area contributed by atoms with Crippen LogP contribution in [0.4, 0.5) is 23.0 Å². The van der Waals surface area contributed by atoms with Crippen molar-refractivity contribution in [2.75, 3.05) is 56.9 Å². The van der Waals surface area contributed by atoms with Gasteiger partial charge in [-0.25, -0.2) is 9.97 Å². The number of carbonyl (C=O) groups is 1. The van der Waals surface area contributed by atoms with Crippen LogP contribution in [0.5, 0.6) is 5.75 Å². The minimum absolute atomic E-state index is 0.227. The lowest BCUT2D eigenvalue weighted by Gasteiger charge is -2.26. The fourth-order valence-electron chi connectivity index (χ4n) is 4.56. The SMILES string of the molecule is COc1cc(N(C)CCN(C)C)c(NC(=O)/C=C\C(C)C)cc1Nc1ncc(C#N)c(-c2cn(C)c3ccccc23)n1. The number of nitrogens with zero attached hydrogens (tertiary/aromatic N) is 6. The average Bonchev–Trinajstić information content (AvgIpc) is 3.31. The summed E-state index contributed by atoms with van der Waals surface area (Å²) in [5, 5.41) is 17.1. The maximum atomic E-state index is 12.8. The number of likely N-dealkylation sites (N-methyl/N-ethyl adjacent to an activating group) is 2. The topological polar surface area (TPSA) is 111 Å². The Hall–Kier alpha value is -4.88. The summed E-state index contributed by atoms with van der Waals surface area (Å²) in [7, 11) is 9.57. The molecule has 2 aromatic heterocycles. The van der Waals surface area contributed by atoms with Gasteiger partial charge < -0.3 is 29.7 Å². The summed E-state index contributed by atoms with van der Waals surface area (Å²) in [6, 6.07) is 13.9. The number of rotatable bonds is 11. The Morgan fingerprint density at radius 1 is 1.17 bits per heavy atom. The summed E-state index contributed by atoms with van der Waals surface area (Å²) < 4.78 is 7.77. The molecule has 1 amide bonds. The molecule has 0 bridgehead atoms. The van der Waals surface area contributed by atoms with Crippen molar-refractivity contribution in [1.29, 1.82) is 5.26 Å². The summed E-state index contributed by atoms with van der Waals surface area (Å²) in [5.41, 5.74) is 4.75. The van der Waals surface area contributed by atoms with Crippen LogP contribution in [0, 0.1) is 17.2 Å². The van der Waals surface area contributed by atoms with Gasteiger partial charge in [0.25, 0.3) is 0 Å². The molecule has 0 saturated heterocycles. The minimum Gasteiger partial charge on any atom is -0.494 e. The van der Waals surface area contributed by atoms with Gasteiger partial charge in [-0.05, 0) is 38.2 Å². The van der Waals surface area contributed by atoms with Crippen molar-refractivity contribution >= 4 is 39.8 Å². The van der Waals surface area contributed by atoms with E-state index in [2.05, 4.69) is 31.5 Å². The highest BCUT2D eigenvalue weighted by molar-refractivity contribution is 6.02. The zero-order valence-electron chi connectivity index (χ0n) is 25.3. The van der Waals surface area contributed by atoms with Crippen molar-refractivity contribution in [2.45, 2.75) is 13.8 Å². The van der Waals surface area contributed by atoms with Crippen LogP contribution < -0.4 is 20.3 Å². The van der Waals surface area contributed by atoms with Crippen LogP contribution in [0.3, 0.4) is 0 Å². The number of allylic oxidation sites excluding steroid dienone is 1. The number of aryl methyl sites for hydroxylation is 1. The van der Waals surface area contributed by atoms with Gasteiger partial charge in [-0.2, -0.15) is 5.26 Å². The molecule has 4 aromatic rings. The van der Waals surface area contributed by atoms with E-state index in [9.17, 15) is 10.1 Å². The number of aromatic nitrogens is 3. The lowest BCUT2D eigenvalue weighted by Crippen LogP contribution is -2.29. The predicted molar refractivity (Wildman–Crippen MR) is 169 cm³/mol. The molecule has 0 atom stereocenters. The van der Waals surface area contributed by atoms with Crippen LogP contribution in [0.25, 0.3) is 22.2 Å². The Labute approximate surface area is 247 Å². The van der Waals surface area contributed by atoms with Crippen LogP contribution in [-0.2, 0) is 11.8 Å². The first kappa shape index (κ1) is 30.1. The molecule has 0 aliphatic carbocycles. The number of nitrogens with one attached hydrogen (secondary N) is 2. The van der Waals surface area contributed by atoms with Crippen LogP contribution >= 0.6 is 0 Å². The summed E-state index contributed by atoms with van der Waals surface area (Å²) in [6.07, 6.45) is 6.88. The number of methoxy groups -OCH3 is 1. The van der Waals surface area contributed by atoms with Gasteiger partial charge in [0.15, 0.2) is 0 Å². The van der Waals surface area contributed by atoms with Gasteiger partial charge in [0.1, 0.15) is 11.8 Å². The number of hydrogen-bond donors (Lipinski definition) is 2. The minimum atomic E-state index is -0.227. The second-order valence-corrected chi connectivity index (χ2v) is 10.8. The fourth-order valence-corrected chi connectivity index (χ4v) is 4.56. The summed E-state index contributed by atoms with van der Waals surface area (Å²) in [4.78, 5) is 26.2. The maximum Gasteiger partial charge on any atom is 0.248 e. The largest absolute Gasteiger partial charge is 0.494 e. The third kappa shape index (κ3) is 6.87. The Bertz CT molecular complexity index is 1650. The monoisotopic (exact) mass is 566 g/mol. The molecule has 2 heterocycles. The van der Waals surface area contributed by atoms with Crippen molar-refractivity contribution in [3.8, 4) is 23.1 Å². The standard InChI is InChI=1S/C32H38N8O2/c1-21(2)12-13-30(41)35-25-16-26(29(42-7)17-28(25)39(5)15-14-38(3)4)36-32-34-19-22(18-33)31(37-32)24-20-40(6)27-11-9-8-10-23(24)27/h8-13,16-17,19-21H,14-15H2,1-7H3,(H,35,41)(H,34,36,37)/b13-12-. The predicted octanol–water partition coefficient (Wildman–Crippen LogP) is 5.41. The number of fused-ring (bicyclic) bond motifs is 1. The van der Waals surface area contributed by atoms with Crippen LogP contribution in [0.2, 0.25) is 0 Å². The first-order valence-electron chi connectivity index (χ1n) is 13.8. The van der Waals surface area contributed by atoms with Crippen molar-refractivity contribution < 1.29 is 9.53 Å². The Morgan fingerprint density at radius 3 is 2.62 bits per heavy atom. The van der Waals surface area contributed by atoms with E-state index in [1.807, 2.05) is 95.3 Å². The molecule has 2 aromatic carbocycles. The highest BCUT2D eigenvalue weighted by atomic mass is 16.5. The highest BCUT2D eigenvalue weighted by Gasteiger charge is 2.19. The normalized spacial score (nSPS) is 11.3. The number of benzene rings is 2. The van der Waals surface area contributed by atoms with Crippen molar-refractivity contribution in [3.63, 3.8) is 0 Å². The van der Waals surface area contributed by atoms with Gasteiger partial charge in [-0.15, -0.1) is 0 Å². The van der Waals surface area contributed by atoms with E-state index in [-0.39, 0.29) is 11.8 Å². The van der Waals surface area contributed by atoms with Crippen LogP contribution in [-0.4, -0.2) is 66.7 Å². The van der Waals surface area contributed by atoms with Crippen LogP contribution in [0.15, 0.2) is 60.9 Å². The van der Waals surface area contributed by atoms with Crippen molar-refractivity contribution in [1.82, 2.24) is 19.4 Å². The quantitative estimate of drug-likeness (QED) is 0.232. The summed E-state index contributed by atoms with van der Waals surface area (Å²) >= 11 is 0. The molecular formula is C32H38N8O2. The number of ether oxygens (including phenoxy) is 1.